The number of halogens is 3. The van der Waals surface area contributed by atoms with Crippen LogP contribution in [0.1, 0.15) is 36.5 Å². The van der Waals surface area contributed by atoms with Crippen LogP contribution in [0.4, 0.5) is 5.69 Å². The summed E-state index contributed by atoms with van der Waals surface area (Å²) in [6.07, 6.45) is 1.86. The summed E-state index contributed by atoms with van der Waals surface area (Å²) in [5.74, 6) is -0.927. The van der Waals surface area contributed by atoms with Crippen LogP contribution in [0.5, 0.6) is 0 Å². The van der Waals surface area contributed by atoms with Gasteiger partial charge in [0.15, 0.2) is 0 Å². The highest BCUT2D eigenvalue weighted by molar-refractivity contribution is 7.92. The van der Waals surface area contributed by atoms with Gasteiger partial charge in [-0.05, 0) is 66.9 Å². The Bertz CT molecular complexity index is 1750. The molecule has 0 aliphatic carbocycles. The van der Waals surface area contributed by atoms with Gasteiger partial charge in [-0.3, -0.25) is 13.9 Å². The van der Waals surface area contributed by atoms with Gasteiger partial charge < -0.3 is 10.2 Å². The Hall–Kier alpha value is -3.56. The summed E-state index contributed by atoms with van der Waals surface area (Å²) in [6.45, 7) is 3.72. The van der Waals surface area contributed by atoms with Gasteiger partial charge in [0, 0.05) is 24.5 Å². The highest BCUT2D eigenvalue weighted by Gasteiger charge is 2.34. The summed E-state index contributed by atoms with van der Waals surface area (Å²) in [7, 11) is -4.27. The molecule has 46 heavy (non-hydrogen) atoms. The molecule has 0 spiro atoms. The minimum atomic E-state index is -4.27. The fourth-order valence-electron chi connectivity index (χ4n) is 4.90. The lowest BCUT2D eigenvalue weighted by molar-refractivity contribution is -0.140. The normalized spacial score (nSPS) is 11.9. The molecule has 0 saturated heterocycles. The summed E-state index contributed by atoms with van der Waals surface area (Å²) < 4.78 is 29.3. The van der Waals surface area contributed by atoms with Crippen LogP contribution in [0.15, 0.2) is 102 Å². The van der Waals surface area contributed by atoms with E-state index in [9.17, 15) is 18.0 Å². The second kappa shape index (κ2) is 16.3. The molecule has 242 valence electrons. The number of benzene rings is 4. The molecule has 4 aromatic rings. The number of sulfonamides is 1. The lowest BCUT2D eigenvalue weighted by Crippen LogP contribution is -2.53. The third-order valence-corrected chi connectivity index (χ3v) is 10.2. The number of nitrogens with one attached hydrogen (secondary N) is 1. The molecule has 1 atom stereocenters. The summed E-state index contributed by atoms with van der Waals surface area (Å²) in [5, 5.41) is 3.81. The van der Waals surface area contributed by atoms with Crippen LogP contribution in [0.2, 0.25) is 15.1 Å². The Morgan fingerprint density at radius 1 is 0.826 bits per heavy atom. The maximum atomic E-state index is 14.5. The zero-order valence-electron chi connectivity index (χ0n) is 25.6. The SMILES string of the molecule is CCCCNC(=O)[C@H](Cc1ccccc1)N(Cc1cccc(Cl)c1)C(=O)CN(c1ccc(Cl)c(Cl)c1)S(=O)(=O)c1ccc(C)cc1. The van der Waals surface area contributed by atoms with Crippen LogP contribution in [-0.2, 0) is 32.6 Å². The predicted molar refractivity (Wildman–Crippen MR) is 186 cm³/mol. The number of rotatable bonds is 14. The fraction of sp³-hybridized carbons (Fsp3) is 0.257. The Kier molecular flexibility index (Phi) is 12.5. The molecule has 4 rings (SSSR count). The van der Waals surface area contributed by atoms with Crippen molar-refractivity contribution in [2.45, 2.75) is 50.6 Å². The van der Waals surface area contributed by atoms with Gasteiger partial charge in [0.25, 0.3) is 10.0 Å². The third kappa shape index (κ3) is 9.26. The minimum Gasteiger partial charge on any atom is -0.354 e. The van der Waals surface area contributed by atoms with Crippen molar-refractivity contribution in [1.82, 2.24) is 10.2 Å². The lowest BCUT2D eigenvalue weighted by Gasteiger charge is -2.34. The first-order chi connectivity index (χ1) is 22.0. The second-order valence-electron chi connectivity index (χ2n) is 10.9. The van der Waals surface area contributed by atoms with E-state index in [1.807, 2.05) is 44.2 Å². The van der Waals surface area contributed by atoms with Gasteiger partial charge in [-0.25, -0.2) is 8.42 Å². The molecule has 0 aromatic heterocycles. The second-order valence-corrected chi connectivity index (χ2v) is 14.0. The van der Waals surface area contributed by atoms with E-state index < -0.39 is 28.5 Å². The van der Waals surface area contributed by atoms with Crippen molar-refractivity contribution < 1.29 is 18.0 Å². The molecule has 0 aliphatic heterocycles. The van der Waals surface area contributed by atoms with Crippen molar-refractivity contribution in [3.63, 3.8) is 0 Å². The van der Waals surface area contributed by atoms with Crippen molar-refractivity contribution in [3.05, 3.63) is 129 Å². The van der Waals surface area contributed by atoms with Crippen molar-refractivity contribution in [2.75, 3.05) is 17.4 Å². The van der Waals surface area contributed by atoms with Crippen LogP contribution < -0.4 is 9.62 Å². The van der Waals surface area contributed by atoms with Gasteiger partial charge in [0.1, 0.15) is 12.6 Å². The van der Waals surface area contributed by atoms with Gasteiger partial charge >= 0.3 is 0 Å². The number of amides is 2. The topological polar surface area (TPSA) is 86.8 Å². The lowest BCUT2D eigenvalue weighted by atomic mass is 10.0. The first kappa shape index (κ1) is 35.3. The van der Waals surface area contributed by atoms with E-state index in [4.69, 9.17) is 34.8 Å². The number of anilines is 1. The van der Waals surface area contributed by atoms with Crippen molar-refractivity contribution in [1.29, 1.82) is 0 Å². The largest absolute Gasteiger partial charge is 0.354 e. The van der Waals surface area contributed by atoms with Gasteiger partial charge in [-0.15, -0.1) is 0 Å². The molecule has 0 heterocycles. The van der Waals surface area contributed by atoms with E-state index in [2.05, 4.69) is 5.32 Å². The number of hydrogen-bond acceptors (Lipinski definition) is 4. The smallest absolute Gasteiger partial charge is 0.264 e. The molecule has 0 fully saturated rings. The van der Waals surface area contributed by atoms with E-state index in [-0.39, 0.29) is 39.5 Å². The summed E-state index contributed by atoms with van der Waals surface area (Å²) in [4.78, 5) is 29.8. The molecule has 0 saturated carbocycles. The minimum absolute atomic E-state index is 0.00323. The Balaban J connectivity index is 1.81. The molecule has 7 nitrogen and oxygen atoms in total. The van der Waals surface area contributed by atoms with Crippen LogP contribution in [-0.4, -0.2) is 44.3 Å². The Morgan fingerprint density at radius 2 is 1.52 bits per heavy atom. The third-order valence-electron chi connectivity index (χ3n) is 7.42. The predicted octanol–water partition coefficient (Wildman–Crippen LogP) is 7.71. The molecule has 0 radical (unpaired) electrons. The number of carbonyl (C=O) groups excluding carboxylic acids is 2. The van der Waals surface area contributed by atoms with Crippen LogP contribution in [0.25, 0.3) is 0 Å². The molecule has 1 N–H and O–H groups in total. The maximum Gasteiger partial charge on any atom is 0.264 e. The van der Waals surface area contributed by atoms with E-state index in [1.54, 1.807) is 36.4 Å². The van der Waals surface area contributed by atoms with Crippen LogP contribution in [0.3, 0.4) is 0 Å². The number of aryl methyl sites for hydroxylation is 1. The van der Waals surface area contributed by atoms with Gasteiger partial charge in [-0.2, -0.15) is 0 Å². The quantitative estimate of drug-likeness (QED) is 0.137. The Labute approximate surface area is 286 Å². The van der Waals surface area contributed by atoms with E-state index in [1.165, 1.54) is 35.2 Å². The zero-order chi connectivity index (χ0) is 33.3. The molecule has 11 heteroatoms. The van der Waals surface area contributed by atoms with Crippen LogP contribution >= 0.6 is 34.8 Å². The van der Waals surface area contributed by atoms with Gasteiger partial charge in [0.05, 0.1) is 20.6 Å². The van der Waals surface area contributed by atoms with Crippen LogP contribution in [0, 0.1) is 6.92 Å². The highest BCUT2D eigenvalue weighted by atomic mass is 35.5. The maximum absolute atomic E-state index is 14.5. The molecular formula is C35H36Cl3N3O4S. The Morgan fingerprint density at radius 3 is 2.17 bits per heavy atom. The fourth-order valence-corrected chi connectivity index (χ4v) is 6.81. The first-order valence-electron chi connectivity index (χ1n) is 14.9. The number of unbranched alkanes of at least 4 members (excludes halogenated alkanes) is 1. The standard InChI is InChI=1S/C35H36Cl3N3O4S/c1-3-4-19-39-35(43)33(21-26-9-6-5-7-10-26)40(23-27-11-8-12-28(36)20-27)34(42)24-41(29-15-18-31(37)32(38)22-29)46(44,45)30-16-13-25(2)14-17-30/h5-18,20,22,33H,3-4,19,21,23-24H2,1-2H3,(H,39,43)/t33-/m0/s1. The van der Waals surface area contributed by atoms with Crippen molar-refractivity contribution >= 4 is 62.3 Å². The van der Waals surface area contributed by atoms with Gasteiger partial charge in [-0.1, -0.05) is 108 Å². The number of carbonyl (C=O) groups is 2. The average Bonchev–Trinajstić information content (AvgIpc) is 3.03. The molecule has 2 amide bonds. The first-order valence-corrected chi connectivity index (χ1v) is 17.5. The molecular weight excluding hydrogens is 665 g/mol. The van der Waals surface area contributed by atoms with Crippen molar-refractivity contribution in [3.8, 4) is 0 Å². The molecule has 0 bridgehead atoms. The average molecular weight is 701 g/mol. The van der Waals surface area contributed by atoms with E-state index in [0.29, 0.717) is 17.1 Å². The number of hydrogen-bond donors (Lipinski definition) is 1. The number of nitrogens with zero attached hydrogens (tertiary/aromatic N) is 2. The monoisotopic (exact) mass is 699 g/mol. The summed E-state index contributed by atoms with van der Waals surface area (Å²) in [6, 6.07) is 26.2. The summed E-state index contributed by atoms with van der Waals surface area (Å²) in [5.41, 5.74) is 2.55. The van der Waals surface area contributed by atoms with E-state index in [0.717, 1.165) is 28.3 Å². The zero-order valence-corrected chi connectivity index (χ0v) is 28.7. The molecule has 0 aliphatic rings. The van der Waals surface area contributed by atoms with Gasteiger partial charge in [0.2, 0.25) is 11.8 Å². The summed E-state index contributed by atoms with van der Waals surface area (Å²) >= 11 is 18.8. The van der Waals surface area contributed by atoms with E-state index >= 15 is 0 Å². The highest BCUT2D eigenvalue weighted by Crippen LogP contribution is 2.31. The molecule has 4 aromatic carbocycles. The molecule has 0 unspecified atom stereocenters. The van der Waals surface area contributed by atoms with Crippen molar-refractivity contribution in [2.24, 2.45) is 0 Å².